The highest BCUT2D eigenvalue weighted by Crippen LogP contribution is 2.30. The number of aromatic nitrogens is 3. The van der Waals surface area contributed by atoms with Crippen LogP contribution in [0, 0.1) is 0 Å². The van der Waals surface area contributed by atoms with Gasteiger partial charge in [0.25, 0.3) is 5.91 Å². The Hall–Kier alpha value is -2.37. The zero-order valence-electron chi connectivity index (χ0n) is 13.8. The van der Waals surface area contributed by atoms with Gasteiger partial charge in [-0.1, -0.05) is 0 Å². The number of carbonyl (C=O) groups is 1. The van der Waals surface area contributed by atoms with Gasteiger partial charge >= 0.3 is 0 Å². The predicted molar refractivity (Wildman–Crippen MR) is 92.2 cm³/mol. The minimum absolute atomic E-state index is 0.124. The van der Waals surface area contributed by atoms with Crippen LogP contribution in [0.1, 0.15) is 47.7 Å². The zero-order valence-corrected chi connectivity index (χ0v) is 13.8. The maximum Gasteiger partial charge on any atom is 0.257 e. The molecule has 0 bridgehead atoms. The number of nitrogens with one attached hydrogen (secondary N) is 1. The van der Waals surface area contributed by atoms with E-state index in [1.54, 1.807) is 12.4 Å². The Bertz CT molecular complexity index is 693. The lowest BCUT2D eigenvalue weighted by Crippen LogP contribution is -2.37. The van der Waals surface area contributed by atoms with Crippen LogP contribution in [0.3, 0.4) is 0 Å². The number of rotatable bonds is 3. The number of piperidine rings is 1. The summed E-state index contributed by atoms with van der Waals surface area (Å²) in [6, 6.07) is 5.83. The maximum atomic E-state index is 12.9. The Labute approximate surface area is 141 Å². The van der Waals surface area contributed by atoms with Gasteiger partial charge in [0.05, 0.1) is 5.56 Å². The SMILES string of the molecule is O=C(c1cccnc1N1CCCC(c2ccn[nH]2)C1)N1CCCC1. The van der Waals surface area contributed by atoms with Gasteiger partial charge in [-0.3, -0.25) is 9.89 Å². The van der Waals surface area contributed by atoms with Crippen molar-refractivity contribution in [2.24, 2.45) is 0 Å². The highest BCUT2D eigenvalue weighted by molar-refractivity contribution is 5.99. The van der Waals surface area contributed by atoms with Gasteiger partial charge in [0, 0.05) is 50.2 Å². The first kappa shape index (κ1) is 15.2. The molecule has 4 heterocycles. The van der Waals surface area contributed by atoms with Crippen molar-refractivity contribution in [2.75, 3.05) is 31.1 Å². The van der Waals surface area contributed by atoms with E-state index in [1.165, 1.54) is 5.69 Å². The summed E-state index contributed by atoms with van der Waals surface area (Å²) < 4.78 is 0. The second-order valence-corrected chi connectivity index (χ2v) is 6.67. The highest BCUT2D eigenvalue weighted by Gasteiger charge is 2.28. The molecule has 0 aliphatic carbocycles. The molecule has 0 saturated carbocycles. The van der Waals surface area contributed by atoms with Crippen molar-refractivity contribution in [1.29, 1.82) is 0 Å². The normalized spacial score (nSPS) is 21.2. The first-order valence-corrected chi connectivity index (χ1v) is 8.81. The molecule has 4 rings (SSSR count). The number of likely N-dealkylation sites (tertiary alicyclic amines) is 1. The van der Waals surface area contributed by atoms with Gasteiger partial charge < -0.3 is 9.80 Å². The molecule has 2 aliphatic heterocycles. The second kappa shape index (κ2) is 6.63. The molecule has 2 aliphatic rings. The summed E-state index contributed by atoms with van der Waals surface area (Å²) in [5.74, 6) is 1.37. The summed E-state index contributed by atoms with van der Waals surface area (Å²) in [6.45, 7) is 3.55. The van der Waals surface area contributed by atoms with E-state index in [9.17, 15) is 4.79 Å². The topological polar surface area (TPSA) is 65.1 Å². The summed E-state index contributed by atoms with van der Waals surface area (Å²) in [5, 5.41) is 7.16. The van der Waals surface area contributed by atoms with E-state index in [-0.39, 0.29) is 5.91 Å². The molecule has 6 heteroatoms. The van der Waals surface area contributed by atoms with Crippen molar-refractivity contribution >= 4 is 11.7 Å². The molecular weight excluding hydrogens is 302 g/mol. The van der Waals surface area contributed by atoms with Crippen molar-refractivity contribution in [2.45, 2.75) is 31.6 Å². The Morgan fingerprint density at radius 1 is 1.12 bits per heavy atom. The van der Waals surface area contributed by atoms with Crippen LogP contribution < -0.4 is 4.90 Å². The fourth-order valence-corrected chi connectivity index (χ4v) is 3.82. The number of H-pyrrole nitrogens is 1. The standard InChI is InChI=1S/C18H23N5O/c24-18(22-10-1-2-11-22)15-6-3-8-19-17(15)23-12-4-5-14(13-23)16-7-9-20-21-16/h3,6-9,14H,1-2,4-5,10-13H2,(H,20,21). The van der Waals surface area contributed by atoms with Crippen LogP contribution in [0.2, 0.25) is 0 Å². The van der Waals surface area contributed by atoms with Crippen molar-refractivity contribution in [3.05, 3.63) is 41.9 Å². The number of hydrogen-bond acceptors (Lipinski definition) is 4. The van der Waals surface area contributed by atoms with Crippen molar-refractivity contribution in [3.8, 4) is 0 Å². The molecule has 0 spiro atoms. The van der Waals surface area contributed by atoms with Crippen LogP contribution >= 0.6 is 0 Å². The average Bonchev–Trinajstić information content (AvgIpc) is 3.35. The molecule has 2 fully saturated rings. The van der Waals surface area contributed by atoms with E-state index < -0.39 is 0 Å². The maximum absolute atomic E-state index is 12.9. The monoisotopic (exact) mass is 325 g/mol. The van der Waals surface area contributed by atoms with Gasteiger partial charge in [-0.2, -0.15) is 5.10 Å². The largest absolute Gasteiger partial charge is 0.355 e. The predicted octanol–water partition coefficient (Wildman–Crippen LogP) is 2.42. The summed E-state index contributed by atoms with van der Waals surface area (Å²) in [7, 11) is 0. The van der Waals surface area contributed by atoms with E-state index in [0.717, 1.165) is 63.2 Å². The number of pyridine rings is 1. The summed E-state index contributed by atoms with van der Waals surface area (Å²) in [4.78, 5) is 21.6. The number of anilines is 1. The third-order valence-corrected chi connectivity index (χ3v) is 5.09. The summed E-state index contributed by atoms with van der Waals surface area (Å²) >= 11 is 0. The van der Waals surface area contributed by atoms with Crippen LogP contribution in [-0.2, 0) is 0 Å². The molecule has 24 heavy (non-hydrogen) atoms. The number of hydrogen-bond donors (Lipinski definition) is 1. The Balaban J connectivity index is 1.58. The smallest absolute Gasteiger partial charge is 0.257 e. The molecule has 1 atom stereocenters. The number of aromatic amines is 1. The summed E-state index contributed by atoms with van der Waals surface area (Å²) in [5.41, 5.74) is 1.91. The lowest BCUT2D eigenvalue weighted by atomic mass is 9.94. The highest BCUT2D eigenvalue weighted by atomic mass is 16.2. The molecule has 6 nitrogen and oxygen atoms in total. The number of amides is 1. The minimum atomic E-state index is 0.124. The third kappa shape index (κ3) is 2.88. The molecule has 0 aromatic carbocycles. The first-order valence-electron chi connectivity index (χ1n) is 8.81. The molecule has 2 aromatic rings. The van der Waals surface area contributed by atoms with Crippen LogP contribution in [0.25, 0.3) is 0 Å². The number of nitrogens with zero attached hydrogens (tertiary/aromatic N) is 4. The molecular formula is C18H23N5O. The lowest BCUT2D eigenvalue weighted by molar-refractivity contribution is 0.0793. The van der Waals surface area contributed by atoms with Gasteiger partial charge in [-0.25, -0.2) is 4.98 Å². The van der Waals surface area contributed by atoms with E-state index in [0.29, 0.717) is 5.92 Å². The molecule has 1 N–H and O–H groups in total. The minimum Gasteiger partial charge on any atom is -0.355 e. The Morgan fingerprint density at radius 3 is 2.79 bits per heavy atom. The van der Waals surface area contributed by atoms with Crippen molar-refractivity contribution in [1.82, 2.24) is 20.1 Å². The van der Waals surface area contributed by atoms with Gasteiger partial charge in [0.15, 0.2) is 0 Å². The van der Waals surface area contributed by atoms with E-state index in [1.807, 2.05) is 23.1 Å². The average molecular weight is 325 g/mol. The van der Waals surface area contributed by atoms with Crippen LogP contribution in [-0.4, -0.2) is 52.2 Å². The summed E-state index contributed by atoms with van der Waals surface area (Å²) in [6.07, 6.45) is 8.03. The molecule has 2 saturated heterocycles. The van der Waals surface area contributed by atoms with Gasteiger partial charge in [0.1, 0.15) is 5.82 Å². The van der Waals surface area contributed by atoms with Gasteiger partial charge in [-0.05, 0) is 43.9 Å². The van der Waals surface area contributed by atoms with Crippen molar-refractivity contribution in [3.63, 3.8) is 0 Å². The molecule has 126 valence electrons. The first-order chi connectivity index (χ1) is 11.8. The fraction of sp³-hybridized carbons (Fsp3) is 0.500. The lowest BCUT2D eigenvalue weighted by Gasteiger charge is -2.34. The zero-order chi connectivity index (χ0) is 16.4. The molecule has 1 amide bonds. The second-order valence-electron chi connectivity index (χ2n) is 6.67. The van der Waals surface area contributed by atoms with E-state index in [4.69, 9.17) is 0 Å². The number of carbonyl (C=O) groups excluding carboxylic acids is 1. The Morgan fingerprint density at radius 2 is 2.00 bits per heavy atom. The van der Waals surface area contributed by atoms with Gasteiger partial charge in [0.2, 0.25) is 0 Å². The van der Waals surface area contributed by atoms with E-state index in [2.05, 4.69) is 20.1 Å². The molecule has 0 radical (unpaired) electrons. The molecule has 2 aromatic heterocycles. The van der Waals surface area contributed by atoms with Crippen LogP contribution in [0.15, 0.2) is 30.6 Å². The van der Waals surface area contributed by atoms with Crippen LogP contribution in [0.5, 0.6) is 0 Å². The fourth-order valence-electron chi connectivity index (χ4n) is 3.82. The van der Waals surface area contributed by atoms with E-state index >= 15 is 0 Å². The van der Waals surface area contributed by atoms with Crippen LogP contribution in [0.4, 0.5) is 5.82 Å². The molecule has 1 unspecified atom stereocenters. The quantitative estimate of drug-likeness (QED) is 0.941. The third-order valence-electron chi connectivity index (χ3n) is 5.09. The van der Waals surface area contributed by atoms with Gasteiger partial charge in [-0.15, -0.1) is 0 Å². The van der Waals surface area contributed by atoms with Crippen molar-refractivity contribution < 1.29 is 4.79 Å². The Kier molecular flexibility index (Phi) is 4.19.